The summed E-state index contributed by atoms with van der Waals surface area (Å²) in [6, 6.07) is 3.24. The van der Waals surface area contributed by atoms with Crippen molar-refractivity contribution in [1.29, 1.82) is 0 Å². The van der Waals surface area contributed by atoms with Crippen LogP contribution in [-0.2, 0) is 0 Å². The lowest BCUT2D eigenvalue weighted by Crippen LogP contribution is -2.15. The van der Waals surface area contributed by atoms with Crippen molar-refractivity contribution < 1.29 is 5.11 Å². The quantitative estimate of drug-likeness (QED) is 0.593. The molecule has 1 aromatic rings. The van der Waals surface area contributed by atoms with E-state index in [0.29, 0.717) is 17.8 Å². The molecule has 1 rings (SSSR count). The fourth-order valence-electron chi connectivity index (χ4n) is 1.02. The first kappa shape index (κ1) is 8.96. The Kier molecular flexibility index (Phi) is 3.01. The van der Waals surface area contributed by atoms with E-state index < -0.39 is 0 Å². The lowest BCUT2D eigenvalue weighted by molar-refractivity contribution is 0.276. The Bertz CT molecular complexity index is 252. The molecule has 0 bridgehead atoms. The van der Waals surface area contributed by atoms with Gasteiger partial charge in [0.05, 0.1) is 17.4 Å². The van der Waals surface area contributed by atoms with Gasteiger partial charge in [0.2, 0.25) is 0 Å². The number of nitrogens with zero attached hydrogens (tertiary/aromatic N) is 1. The maximum Gasteiger partial charge on any atom is 0.0800 e. The largest absolute Gasteiger partial charge is 0.397 e. The van der Waals surface area contributed by atoms with Crippen LogP contribution in [-0.4, -0.2) is 16.7 Å². The van der Waals surface area contributed by atoms with Crippen LogP contribution < -0.4 is 11.5 Å². The van der Waals surface area contributed by atoms with Gasteiger partial charge in [0.15, 0.2) is 0 Å². The summed E-state index contributed by atoms with van der Waals surface area (Å²) in [7, 11) is 0. The lowest BCUT2D eigenvalue weighted by Gasteiger charge is -2.10. The van der Waals surface area contributed by atoms with Crippen LogP contribution in [0.3, 0.4) is 0 Å². The maximum absolute atomic E-state index is 8.64. The first-order chi connectivity index (χ1) is 5.75. The van der Waals surface area contributed by atoms with Crippen LogP contribution in [0, 0.1) is 0 Å². The highest BCUT2D eigenvalue weighted by Crippen LogP contribution is 2.16. The number of aliphatic hydroxyl groups excluding tert-OH is 1. The average Bonchev–Trinajstić information content (AvgIpc) is 2.05. The van der Waals surface area contributed by atoms with Gasteiger partial charge in [-0.1, -0.05) is 0 Å². The second-order valence-electron chi connectivity index (χ2n) is 2.60. The summed E-state index contributed by atoms with van der Waals surface area (Å²) in [5.74, 6) is 0. The van der Waals surface area contributed by atoms with E-state index >= 15 is 0 Å². The zero-order valence-electron chi connectivity index (χ0n) is 6.77. The van der Waals surface area contributed by atoms with Gasteiger partial charge in [0.1, 0.15) is 0 Å². The third-order valence-electron chi connectivity index (χ3n) is 1.66. The van der Waals surface area contributed by atoms with Crippen molar-refractivity contribution in [2.75, 3.05) is 12.3 Å². The van der Waals surface area contributed by atoms with E-state index in [-0.39, 0.29) is 12.6 Å². The van der Waals surface area contributed by atoms with Crippen molar-refractivity contribution in [1.82, 2.24) is 4.98 Å². The standard InChI is InChI=1S/C8H13N3O/c9-6-2-1-4-11-8(6)7(10)3-5-12/h1-2,4,7,12H,3,5,9-10H2. The summed E-state index contributed by atoms with van der Waals surface area (Å²) < 4.78 is 0. The zero-order chi connectivity index (χ0) is 8.97. The highest BCUT2D eigenvalue weighted by molar-refractivity contribution is 5.43. The number of nitrogen functional groups attached to an aromatic ring is 1. The summed E-state index contributed by atoms with van der Waals surface area (Å²) in [5, 5.41) is 8.64. The number of aromatic nitrogens is 1. The van der Waals surface area contributed by atoms with Crippen LogP contribution in [0.25, 0.3) is 0 Å². The first-order valence-electron chi connectivity index (χ1n) is 3.82. The number of pyridine rings is 1. The molecule has 1 atom stereocenters. The monoisotopic (exact) mass is 167 g/mol. The van der Waals surface area contributed by atoms with Crippen LogP contribution >= 0.6 is 0 Å². The van der Waals surface area contributed by atoms with E-state index in [2.05, 4.69) is 4.98 Å². The second kappa shape index (κ2) is 4.04. The average molecular weight is 167 g/mol. The summed E-state index contributed by atoms with van der Waals surface area (Å²) in [6.07, 6.45) is 2.13. The number of rotatable bonds is 3. The highest BCUT2D eigenvalue weighted by Gasteiger charge is 2.08. The molecule has 0 saturated heterocycles. The molecule has 1 unspecified atom stereocenters. The van der Waals surface area contributed by atoms with Gasteiger partial charge in [-0.25, -0.2) is 0 Å². The molecule has 5 N–H and O–H groups in total. The summed E-state index contributed by atoms with van der Waals surface area (Å²) >= 11 is 0. The van der Waals surface area contributed by atoms with Gasteiger partial charge in [0, 0.05) is 12.8 Å². The molecular weight excluding hydrogens is 154 g/mol. The number of aliphatic hydroxyl groups is 1. The van der Waals surface area contributed by atoms with Crippen molar-refractivity contribution in [3.63, 3.8) is 0 Å². The Morgan fingerprint density at radius 3 is 2.92 bits per heavy atom. The van der Waals surface area contributed by atoms with E-state index in [1.807, 2.05) is 0 Å². The van der Waals surface area contributed by atoms with Gasteiger partial charge in [-0.3, -0.25) is 4.98 Å². The van der Waals surface area contributed by atoms with Gasteiger partial charge in [-0.05, 0) is 18.6 Å². The molecule has 0 aliphatic rings. The molecule has 0 aromatic carbocycles. The Labute approximate surface area is 71.2 Å². The summed E-state index contributed by atoms with van der Waals surface area (Å²) in [5.41, 5.74) is 12.6. The van der Waals surface area contributed by atoms with Gasteiger partial charge in [-0.2, -0.15) is 0 Å². The molecule has 0 amide bonds. The molecule has 1 heterocycles. The second-order valence-corrected chi connectivity index (χ2v) is 2.60. The third-order valence-corrected chi connectivity index (χ3v) is 1.66. The molecule has 66 valence electrons. The molecule has 0 aliphatic heterocycles. The molecule has 0 radical (unpaired) electrons. The van der Waals surface area contributed by atoms with E-state index in [1.165, 1.54) is 0 Å². The van der Waals surface area contributed by atoms with Crippen molar-refractivity contribution in [3.05, 3.63) is 24.0 Å². The molecule has 4 nitrogen and oxygen atoms in total. The minimum absolute atomic E-state index is 0.0528. The van der Waals surface area contributed by atoms with Crippen molar-refractivity contribution in [3.8, 4) is 0 Å². The zero-order valence-corrected chi connectivity index (χ0v) is 6.77. The van der Waals surface area contributed by atoms with Crippen LogP contribution in [0.2, 0.25) is 0 Å². The van der Waals surface area contributed by atoms with Crippen LogP contribution in [0.5, 0.6) is 0 Å². The predicted octanol–water partition coefficient (Wildman–Crippen LogP) is 0.0460. The predicted molar refractivity (Wildman–Crippen MR) is 47.3 cm³/mol. The van der Waals surface area contributed by atoms with Gasteiger partial charge in [-0.15, -0.1) is 0 Å². The third kappa shape index (κ3) is 1.93. The van der Waals surface area contributed by atoms with Crippen LogP contribution in [0.4, 0.5) is 5.69 Å². The smallest absolute Gasteiger partial charge is 0.0800 e. The number of hydrogen-bond acceptors (Lipinski definition) is 4. The van der Waals surface area contributed by atoms with Crippen molar-refractivity contribution in [2.24, 2.45) is 5.73 Å². The SMILES string of the molecule is Nc1cccnc1C(N)CCO. The molecule has 0 saturated carbocycles. The normalized spacial score (nSPS) is 12.8. The molecule has 0 fully saturated rings. The Balaban J connectivity index is 2.79. The van der Waals surface area contributed by atoms with Gasteiger partial charge < -0.3 is 16.6 Å². The van der Waals surface area contributed by atoms with E-state index in [4.69, 9.17) is 16.6 Å². The maximum atomic E-state index is 8.64. The topological polar surface area (TPSA) is 85.2 Å². The molecule has 0 spiro atoms. The molecular formula is C8H13N3O. The fourth-order valence-corrected chi connectivity index (χ4v) is 1.02. The molecule has 4 heteroatoms. The van der Waals surface area contributed by atoms with Crippen LogP contribution in [0.1, 0.15) is 18.2 Å². The van der Waals surface area contributed by atoms with E-state index in [0.717, 1.165) is 0 Å². The Morgan fingerprint density at radius 1 is 1.58 bits per heavy atom. The van der Waals surface area contributed by atoms with Gasteiger partial charge in [0.25, 0.3) is 0 Å². The molecule has 12 heavy (non-hydrogen) atoms. The highest BCUT2D eigenvalue weighted by atomic mass is 16.3. The summed E-state index contributed by atoms with van der Waals surface area (Å²) in [6.45, 7) is 0.0528. The Morgan fingerprint density at radius 2 is 2.33 bits per heavy atom. The number of nitrogens with two attached hydrogens (primary N) is 2. The van der Waals surface area contributed by atoms with Crippen LogP contribution in [0.15, 0.2) is 18.3 Å². The van der Waals surface area contributed by atoms with E-state index in [1.54, 1.807) is 18.3 Å². The minimum atomic E-state index is -0.267. The Hall–Kier alpha value is -1.13. The summed E-state index contributed by atoms with van der Waals surface area (Å²) in [4.78, 5) is 4.04. The van der Waals surface area contributed by atoms with Crippen molar-refractivity contribution >= 4 is 5.69 Å². The number of hydrogen-bond donors (Lipinski definition) is 3. The van der Waals surface area contributed by atoms with E-state index in [9.17, 15) is 0 Å². The van der Waals surface area contributed by atoms with Gasteiger partial charge >= 0.3 is 0 Å². The first-order valence-corrected chi connectivity index (χ1v) is 3.82. The molecule has 0 aliphatic carbocycles. The fraction of sp³-hybridized carbons (Fsp3) is 0.375. The molecule has 1 aromatic heterocycles. The van der Waals surface area contributed by atoms with Crippen molar-refractivity contribution in [2.45, 2.75) is 12.5 Å². The number of anilines is 1. The lowest BCUT2D eigenvalue weighted by atomic mass is 10.1. The minimum Gasteiger partial charge on any atom is -0.397 e.